The van der Waals surface area contributed by atoms with Crippen molar-refractivity contribution in [1.82, 2.24) is 0 Å². The number of hydrogen-bond donors (Lipinski definition) is 2. The zero-order valence-corrected chi connectivity index (χ0v) is 10.7. The largest absolute Gasteiger partial charge is 0.385 e. The van der Waals surface area contributed by atoms with E-state index in [2.05, 4.69) is 5.32 Å². The molecule has 20 heavy (non-hydrogen) atoms. The van der Waals surface area contributed by atoms with Gasteiger partial charge in [0.2, 0.25) is 0 Å². The molecular formula is C12H14F2N2O4. The van der Waals surface area contributed by atoms with Crippen LogP contribution in [0.15, 0.2) is 12.1 Å². The molecule has 0 spiro atoms. The maximum absolute atomic E-state index is 13.6. The molecule has 2 atom stereocenters. The molecule has 110 valence electrons. The Labute approximate surface area is 113 Å². The molecule has 1 aliphatic heterocycles. The second-order valence-corrected chi connectivity index (χ2v) is 4.76. The molecule has 1 aromatic rings. The number of hydrogen-bond acceptors (Lipinski definition) is 5. The van der Waals surface area contributed by atoms with E-state index < -0.39 is 39.6 Å². The number of halogens is 2. The lowest BCUT2D eigenvalue weighted by atomic mass is 9.96. The number of non-ortho nitro benzene ring substituents is 1. The SMILES string of the molecule is CC1OCCC1(O)CNc1c(F)cc([N+](=O)[O-])cc1F. The summed E-state index contributed by atoms with van der Waals surface area (Å²) in [7, 11) is 0. The molecule has 2 unspecified atom stereocenters. The van der Waals surface area contributed by atoms with Gasteiger partial charge in [0.15, 0.2) is 11.6 Å². The highest BCUT2D eigenvalue weighted by molar-refractivity contribution is 5.52. The second kappa shape index (κ2) is 5.29. The van der Waals surface area contributed by atoms with Gasteiger partial charge in [0, 0.05) is 19.6 Å². The predicted molar refractivity (Wildman–Crippen MR) is 66.5 cm³/mol. The summed E-state index contributed by atoms with van der Waals surface area (Å²) >= 11 is 0. The molecule has 1 saturated heterocycles. The molecule has 0 radical (unpaired) electrons. The highest BCUT2D eigenvalue weighted by Crippen LogP contribution is 2.29. The number of nitrogens with one attached hydrogen (secondary N) is 1. The number of nitro groups is 1. The number of anilines is 1. The van der Waals surface area contributed by atoms with Crippen molar-refractivity contribution in [3.05, 3.63) is 33.9 Å². The fraction of sp³-hybridized carbons (Fsp3) is 0.500. The van der Waals surface area contributed by atoms with Crippen LogP contribution < -0.4 is 5.32 Å². The minimum Gasteiger partial charge on any atom is -0.385 e. The molecule has 6 nitrogen and oxygen atoms in total. The molecule has 1 aromatic carbocycles. The van der Waals surface area contributed by atoms with Crippen molar-refractivity contribution >= 4 is 11.4 Å². The summed E-state index contributed by atoms with van der Waals surface area (Å²) in [6.07, 6.45) is -0.114. The van der Waals surface area contributed by atoms with E-state index in [-0.39, 0.29) is 6.54 Å². The van der Waals surface area contributed by atoms with Gasteiger partial charge in [0.1, 0.15) is 11.3 Å². The lowest BCUT2D eigenvalue weighted by Crippen LogP contribution is -2.43. The quantitative estimate of drug-likeness (QED) is 0.652. The third-order valence-electron chi connectivity index (χ3n) is 3.47. The minimum absolute atomic E-state index is 0.111. The van der Waals surface area contributed by atoms with Crippen molar-refractivity contribution in [3.63, 3.8) is 0 Å². The molecule has 2 N–H and O–H groups in total. The predicted octanol–water partition coefficient (Wildman–Crippen LogP) is 1.82. The van der Waals surface area contributed by atoms with E-state index in [1.807, 2.05) is 0 Å². The number of nitrogens with zero attached hydrogens (tertiary/aromatic N) is 1. The fourth-order valence-corrected chi connectivity index (χ4v) is 2.08. The van der Waals surface area contributed by atoms with Crippen molar-refractivity contribution < 1.29 is 23.5 Å². The van der Waals surface area contributed by atoms with E-state index in [0.717, 1.165) is 0 Å². The lowest BCUT2D eigenvalue weighted by molar-refractivity contribution is -0.385. The highest BCUT2D eigenvalue weighted by Gasteiger charge is 2.39. The zero-order chi connectivity index (χ0) is 14.9. The first-order valence-electron chi connectivity index (χ1n) is 6.05. The Bertz CT molecular complexity index is 517. The summed E-state index contributed by atoms with van der Waals surface area (Å²) in [4.78, 5) is 9.59. The molecule has 1 fully saturated rings. The molecule has 0 aromatic heterocycles. The van der Waals surface area contributed by atoms with Crippen LogP contribution in [0.25, 0.3) is 0 Å². The van der Waals surface area contributed by atoms with E-state index >= 15 is 0 Å². The van der Waals surface area contributed by atoms with Gasteiger partial charge >= 0.3 is 0 Å². The van der Waals surface area contributed by atoms with Gasteiger partial charge in [-0.25, -0.2) is 8.78 Å². The van der Waals surface area contributed by atoms with Crippen LogP contribution in [-0.4, -0.2) is 34.9 Å². The second-order valence-electron chi connectivity index (χ2n) is 4.76. The van der Waals surface area contributed by atoms with Crippen LogP contribution >= 0.6 is 0 Å². The van der Waals surface area contributed by atoms with E-state index in [9.17, 15) is 24.0 Å². The summed E-state index contributed by atoms with van der Waals surface area (Å²) in [5.74, 6) is -2.15. The smallest absolute Gasteiger partial charge is 0.275 e. The normalized spacial score (nSPS) is 25.7. The number of rotatable bonds is 4. The van der Waals surface area contributed by atoms with Crippen molar-refractivity contribution in [2.45, 2.75) is 25.0 Å². The fourth-order valence-electron chi connectivity index (χ4n) is 2.08. The first-order chi connectivity index (χ1) is 9.33. The van der Waals surface area contributed by atoms with Crippen LogP contribution in [0.5, 0.6) is 0 Å². The third-order valence-corrected chi connectivity index (χ3v) is 3.47. The topological polar surface area (TPSA) is 84.6 Å². The summed E-state index contributed by atoms with van der Waals surface area (Å²) < 4.78 is 32.5. The minimum atomic E-state index is -1.22. The summed E-state index contributed by atoms with van der Waals surface area (Å²) in [6.45, 7) is 1.92. The standard InChI is InChI=1S/C12H14F2N2O4/c1-7-12(17,2-3-20-7)6-15-11-9(13)4-8(16(18)19)5-10(11)14/h4-5,7,15,17H,2-3,6H2,1H3. The van der Waals surface area contributed by atoms with Crippen LogP contribution in [0.3, 0.4) is 0 Å². The van der Waals surface area contributed by atoms with E-state index in [1.165, 1.54) is 0 Å². The monoisotopic (exact) mass is 288 g/mol. The Morgan fingerprint density at radius 2 is 2.15 bits per heavy atom. The van der Waals surface area contributed by atoms with E-state index in [1.54, 1.807) is 6.92 Å². The van der Waals surface area contributed by atoms with Gasteiger partial charge < -0.3 is 15.2 Å². The highest BCUT2D eigenvalue weighted by atomic mass is 19.1. The Morgan fingerprint density at radius 1 is 1.55 bits per heavy atom. The molecule has 0 bridgehead atoms. The Kier molecular flexibility index (Phi) is 3.87. The molecule has 0 amide bonds. The van der Waals surface area contributed by atoms with E-state index in [0.29, 0.717) is 25.2 Å². The molecule has 1 heterocycles. The molecule has 8 heteroatoms. The number of benzene rings is 1. The van der Waals surface area contributed by atoms with Gasteiger partial charge in [0.25, 0.3) is 5.69 Å². The summed E-state index contributed by atoms with van der Waals surface area (Å²) in [5.41, 5.74) is -2.38. The van der Waals surface area contributed by atoms with Gasteiger partial charge in [0.05, 0.1) is 23.2 Å². The Hall–Kier alpha value is -1.80. The average Bonchev–Trinajstić information content (AvgIpc) is 2.68. The lowest BCUT2D eigenvalue weighted by Gasteiger charge is -2.26. The van der Waals surface area contributed by atoms with Crippen molar-refractivity contribution in [2.75, 3.05) is 18.5 Å². The molecule has 0 aliphatic carbocycles. The number of nitro benzene ring substituents is 1. The summed E-state index contributed by atoms with van der Waals surface area (Å²) in [6, 6.07) is 1.26. The maximum Gasteiger partial charge on any atom is 0.275 e. The van der Waals surface area contributed by atoms with Gasteiger partial charge in [-0.05, 0) is 6.92 Å². The average molecular weight is 288 g/mol. The molecular weight excluding hydrogens is 274 g/mol. The van der Waals surface area contributed by atoms with Crippen LogP contribution in [0.4, 0.5) is 20.2 Å². The first kappa shape index (κ1) is 14.6. The molecule has 1 aliphatic rings. The van der Waals surface area contributed by atoms with Crippen LogP contribution in [0, 0.1) is 21.7 Å². The van der Waals surface area contributed by atoms with Gasteiger partial charge in [-0.2, -0.15) is 0 Å². The Morgan fingerprint density at radius 3 is 2.60 bits per heavy atom. The van der Waals surface area contributed by atoms with Crippen molar-refractivity contribution in [1.29, 1.82) is 0 Å². The van der Waals surface area contributed by atoms with Crippen LogP contribution in [0.1, 0.15) is 13.3 Å². The van der Waals surface area contributed by atoms with E-state index in [4.69, 9.17) is 4.74 Å². The molecule has 0 saturated carbocycles. The van der Waals surface area contributed by atoms with Crippen molar-refractivity contribution in [3.8, 4) is 0 Å². The van der Waals surface area contributed by atoms with Crippen LogP contribution in [-0.2, 0) is 4.74 Å². The van der Waals surface area contributed by atoms with Gasteiger partial charge in [-0.3, -0.25) is 10.1 Å². The van der Waals surface area contributed by atoms with Crippen LogP contribution in [0.2, 0.25) is 0 Å². The number of ether oxygens (including phenoxy) is 1. The Balaban J connectivity index is 2.16. The van der Waals surface area contributed by atoms with Crippen molar-refractivity contribution in [2.24, 2.45) is 0 Å². The zero-order valence-electron chi connectivity index (χ0n) is 10.7. The first-order valence-corrected chi connectivity index (χ1v) is 6.05. The molecule has 2 rings (SSSR count). The number of aliphatic hydroxyl groups is 1. The summed E-state index contributed by atoms with van der Waals surface area (Å²) in [5, 5.41) is 23.1. The maximum atomic E-state index is 13.6. The third kappa shape index (κ3) is 2.70. The van der Waals surface area contributed by atoms with Gasteiger partial charge in [-0.1, -0.05) is 0 Å². The van der Waals surface area contributed by atoms with Gasteiger partial charge in [-0.15, -0.1) is 0 Å².